The van der Waals surface area contributed by atoms with Crippen molar-refractivity contribution in [3.63, 3.8) is 0 Å². The molecule has 16 heavy (non-hydrogen) atoms. The van der Waals surface area contributed by atoms with Gasteiger partial charge in [-0.1, -0.05) is 19.3 Å². The van der Waals surface area contributed by atoms with Crippen LogP contribution in [0.3, 0.4) is 0 Å². The topological polar surface area (TPSA) is 45.2 Å². The average molecular weight is 220 g/mol. The van der Waals surface area contributed by atoms with Crippen molar-refractivity contribution in [2.24, 2.45) is 5.92 Å². The summed E-state index contributed by atoms with van der Waals surface area (Å²) in [7, 11) is 0. The molecule has 0 spiro atoms. The van der Waals surface area contributed by atoms with Crippen molar-refractivity contribution >= 4 is 5.69 Å². The van der Waals surface area contributed by atoms with E-state index in [1.165, 1.54) is 32.1 Å². The average Bonchev–Trinajstić information content (AvgIpc) is 2.38. The molecule has 1 aliphatic rings. The third kappa shape index (κ3) is 2.95. The van der Waals surface area contributed by atoms with Crippen molar-refractivity contribution in [1.29, 1.82) is 0 Å². The molecule has 0 radical (unpaired) electrons. The Bertz CT molecular complexity index is 321. The van der Waals surface area contributed by atoms with E-state index in [1.807, 2.05) is 6.07 Å². The quantitative estimate of drug-likeness (QED) is 0.819. The first-order chi connectivity index (χ1) is 7.90. The smallest absolute Gasteiger partial charge is 0.0717 e. The standard InChI is InChI=1S/C13H20N2O/c16-10-12-9-14-7-6-13(12)15-8-11-4-2-1-3-5-11/h6-7,9,11,16H,1-5,8,10H2,(H,14,15). The van der Waals surface area contributed by atoms with Gasteiger partial charge in [-0.2, -0.15) is 0 Å². The molecule has 2 N–H and O–H groups in total. The van der Waals surface area contributed by atoms with Gasteiger partial charge in [0.25, 0.3) is 0 Å². The second kappa shape index (κ2) is 5.85. The largest absolute Gasteiger partial charge is 0.392 e. The Kier molecular flexibility index (Phi) is 4.17. The molecule has 1 fully saturated rings. The summed E-state index contributed by atoms with van der Waals surface area (Å²) in [5, 5.41) is 12.6. The Hall–Kier alpha value is -1.09. The number of aliphatic hydroxyl groups is 1. The highest BCUT2D eigenvalue weighted by Crippen LogP contribution is 2.24. The summed E-state index contributed by atoms with van der Waals surface area (Å²) in [5.74, 6) is 0.799. The number of aliphatic hydroxyl groups excluding tert-OH is 1. The fourth-order valence-electron chi connectivity index (χ4n) is 2.37. The Morgan fingerprint density at radius 2 is 2.12 bits per heavy atom. The highest BCUT2D eigenvalue weighted by Gasteiger charge is 2.13. The van der Waals surface area contributed by atoms with Crippen LogP contribution in [0.25, 0.3) is 0 Å². The van der Waals surface area contributed by atoms with Crippen LogP contribution in [-0.4, -0.2) is 16.6 Å². The third-order valence-corrected chi connectivity index (χ3v) is 3.38. The van der Waals surface area contributed by atoms with Crippen molar-refractivity contribution < 1.29 is 5.11 Å². The van der Waals surface area contributed by atoms with Gasteiger partial charge < -0.3 is 10.4 Å². The third-order valence-electron chi connectivity index (χ3n) is 3.38. The van der Waals surface area contributed by atoms with E-state index in [1.54, 1.807) is 12.4 Å². The Labute approximate surface area is 96.9 Å². The van der Waals surface area contributed by atoms with Crippen molar-refractivity contribution in [2.75, 3.05) is 11.9 Å². The predicted molar refractivity (Wildman–Crippen MR) is 65.2 cm³/mol. The van der Waals surface area contributed by atoms with E-state index < -0.39 is 0 Å². The zero-order valence-electron chi connectivity index (χ0n) is 9.65. The van der Waals surface area contributed by atoms with Crippen LogP contribution in [-0.2, 0) is 6.61 Å². The lowest BCUT2D eigenvalue weighted by atomic mass is 9.89. The van der Waals surface area contributed by atoms with Crippen LogP contribution in [0.2, 0.25) is 0 Å². The summed E-state index contributed by atoms with van der Waals surface area (Å²) in [6, 6.07) is 1.94. The summed E-state index contributed by atoms with van der Waals surface area (Å²) in [6.07, 6.45) is 10.3. The number of hydrogen-bond donors (Lipinski definition) is 2. The first-order valence-electron chi connectivity index (χ1n) is 6.18. The normalized spacial score (nSPS) is 17.3. The van der Waals surface area contributed by atoms with Crippen LogP contribution >= 0.6 is 0 Å². The molecule has 0 saturated heterocycles. The number of hydrogen-bond acceptors (Lipinski definition) is 3. The molecule has 0 amide bonds. The van der Waals surface area contributed by atoms with Crippen LogP contribution in [0.1, 0.15) is 37.7 Å². The molecule has 88 valence electrons. The van der Waals surface area contributed by atoms with Crippen LogP contribution in [0.15, 0.2) is 18.5 Å². The van der Waals surface area contributed by atoms with E-state index in [4.69, 9.17) is 0 Å². The zero-order chi connectivity index (χ0) is 11.2. The van der Waals surface area contributed by atoms with Crippen molar-refractivity contribution in [3.05, 3.63) is 24.0 Å². The number of nitrogens with zero attached hydrogens (tertiary/aromatic N) is 1. The maximum absolute atomic E-state index is 9.18. The molecular weight excluding hydrogens is 200 g/mol. The first kappa shape index (κ1) is 11.4. The molecule has 1 aromatic rings. The maximum Gasteiger partial charge on any atom is 0.0717 e. The summed E-state index contributed by atoms with van der Waals surface area (Å²) in [5.41, 5.74) is 1.92. The number of aromatic nitrogens is 1. The van der Waals surface area contributed by atoms with E-state index in [0.29, 0.717) is 0 Å². The van der Waals surface area contributed by atoms with Crippen molar-refractivity contribution in [3.8, 4) is 0 Å². The molecule has 0 unspecified atom stereocenters. The minimum Gasteiger partial charge on any atom is -0.392 e. The molecule has 0 bridgehead atoms. The molecule has 2 rings (SSSR count). The van der Waals surface area contributed by atoms with Gasteiger partial charge >= 0.3 is 0 Å². The van der Waals surface area contributed by atoms with Crippen molar-refractivity contribution in [2.45, 2.75) is 38.7 Å². The molecule has 3 nitrogen and oxygen atoms in total. The van der Waals surface area contributed by atoms with E-state index in [9.17, 15) is 5.11 Å². The SMILES string of the molecule is OCc1cnccc1NCC1CCCCC1. The molecule has 1 heterocycles. The highest BCUT2D eigenvalue weighted by atomic mass is 16.3. The fourth-order valence-corrected chi connectivity index (χ4v) is 2.37. The van der Waals surface area contributed by atoms with Gasteiger partial charge in [0.15, 0.2) is 0 Å². The number of rotatable bonds is 4. The van der Waals surface area contributed by atoms with Gasteiger partial charge in [0.2, 0.25) is 0 Å². The Morgan fingerprint density at radius 3 is 2.88 bits per heavy atom. The molecule has 1 aliphatic carbocycles. The molecular formula is C13H20N2O. The number of pyridine rings is 1. The van der Waals surface area contributed by atoms with Gasteiger partial charge in [0, 0.05) is 30.2 Å². The monoisotopic (exact) mass is 220 g/mol. The molecule has 1 aromatic heterocycles. The van der Waals surface area contributed by atoms with Crippen LogP contribution in [0.4, 0.5) is 5.69 Å². The number of anilines is 1. The lowest BCUT2D eigenvalue weighted by Gasteiger charge is -2.22. The van der Waals surface area contributed by atoms with Crippen molar-refractivity contribution in [1.82, 2.24) is 4.98 Å². The van der Waals surface area contributed by atoms with Gasteiger partial charge in [0.05, 0.1) is 6.61 Å². The molecule has 0 aliphatic heterocycles. The Morgan fingerprint density at radius 1 is 1.31 bits per heavy atom. The number of nitrogens with one attached hydrogen (secondary N) is 1. The van der Waals surface area contributed by atoms with Crippen LogP contribution in [0, 0.1) is 5.92 Å². The van der Waals surface area contributed by atoms with Gasteiger partial charge in [-0.05, 0) is 24.8 Å². The Balaban J connectivity index is 1.88. The van der Waals surface area contributed by atoms with Gasteiger partial charge in [0.1, 0.15) is 0 Å². The predicted octanol–water partition coefficient (Wildman–Crippen LogP) is 2.57. The molecule has 0 atom stereocenters. The summed E-state index contributed by atoms with van der Waals surface area (Å²) >= 11 is 0. The fraction of sp³-hybridized carbons (Fsp3) is 0.615. The van der Waals surface area contributed by atoms with Gasteiger partial charge in [-0.25, -0.2) is 0 Å². The van der Waals surface area contributed by atoms with E-state index in [0.717, 1.165) is 23.7 Å². The second-order valence-corrected chi connectivity index (χ2v) is 4.58. The summed E-state index contributed by atoms with van der Waals surface area (Å²) < 4.78 is 0. The highest BCUT2D eigenvalue weighted by molar-refractivity contribution is 5.49. The van der Waals surface area contributed by atoms with Gasteiger partial charge in [-0.3, -0.25) is 4.98 Å². The molecule has 0 aromatic carbocycles. The molecule has 1 saturated carbocycles. The van der Waals surface area contributed by atoms with E-state index >= 15 is 0 Å². The second-order valence-electron chi connectivity index (χ2n) is 4.58. The van der Waals surface area contributed by atoms with Gasteiger partial charge in [-0.15, -0.1) is 0 Å². The minimum atomic E-state index is 0.0564. The zero-order valence-corrected chi connectivity index (χ0v) is 9.65. The van der Waals surface area contributed by atoms with E-state index in [2.05, 4.69) is 10.3 Å². The maximum atomic E-state index is 9.18. The summed E-state index contributed by atoms with van der Waals surface area (Å²) in [4.78, 5) is 4.01. The minimum absolute atomic E-state index is 0.0564. The summed E-state index contributed by atoms with van der Waals surface area (Å²) in [6.45, 7) is 1.08. The lowest BCUT2D eigenvalue weighted by molar-refractivity contribution is 0.282. The van der Waals surface area contributed by atoms with Crippen LogP contribution < -0.4 is 5.32 Å². The molecule has 3 heteroatoms. The first-order valence-corrected chi connectivity index (χ1v) is 6.18. The van der Waals surface area contributed by atoms with E-state index in [-0.39, 0.29) is 6.61 Å². The van der Waals surface area contributed by atoms with Crippen LogP contribution in [0.5, 0.6) is 0 Å². The lowest BCUT2D eigenvalue weighted by Crippen LogP contribution is -2.17.